The van der Waals surface area contributed by atoms with Gasteiger partial charge in [-0.15, -0.1) is 0 Å². The number of carbonyl (C=O) groups excluding carboxylic acids is 1. The van der Waals surface area contributed by atoms with Crippen LogP contribution in [0.2, 0.25) is 0 Å². The van der Waals surface area contributed by atoms with Crippen LogP contribution in [0.1, 0.15) is 11.5 Å². The number of hydrogen-bond acceptors (Lipinski definition) is 3. The van der Waals surface area contributed by atoms with Crippen molar-refractivity contribution in [1.82, 2.24) is 10.3 Å². The fraction of sp³-hybridized carbons (Fsp3) is 0.158. The van der Waals surface area contributed by atoms with Gasteiger partial charge in [0.05, 0.1) is 5.92 Å². The summed E-state index contributed by atoms with van der Waals surface area (Å²) in [5.41, 5.74) is 1.80. The molecule has 2 N–H and O–H groups in total. The Kier molecular flexibility index (Phi) is 4.64. The van der Waals surface area contributed by atoms with Crippen molar-refractivity contribution < 1.29 is 4.79 Å². The van der Waals surface area contributed by atoms with Gasteiger partial charge in [-0.25, -0.2) is 0 Å². The molecule has 0 saturated carbocycles. The highest BCUT2D eigenvalue weighted by molar-refractivity contribution is 5.98. The first-order chi connectivity index (χ1) is 11.3. The van der Waals surface area contributed by atoms with Gasteiger partial charge in [0.2, 0.25) is 5.91 Å². The van der Waals surface area contributed by atoms with Gasteiger partial charge in [0.1, 0.15) is 0 Å². The van der Waals surface area contributed by atoms with E-state index in [1.807, 2.05) is 67.8 Å². The van der Waals surface area contributed by atoms with Crippen molar-refractivity contribution in [1.29, 1.82) is 0 Å². The van der Waals surface area contributed by atoms with Crippen LogP contribution in [0.15, 0.2) is 67.0 Å². The highest BCUT2D eigenvalue weighted by Crippen LogP contribution is 2.21. The zero-order valence-corrected chi connectivity index (χ0v) is 13.0. The van der Waals surface area contributed by atoms with Crippen LogP contribution in [0.25, 0.3) is 10.8 Å². The number of likely N-dealkylation sites (N-methyl/N-ethyl adjacent to an activating group) is 1. The van der Waals surface area contributed by atoms with E-state index in [0.717, 1.165) is 22.0 Å². The Hall–Kier alpha value is -2.72. The Morgan fingerprint density at radius 3 is 2.70 bits per heavy atom. The van der Waals surface area contributed by atoms with Gasteiger partial charge in [-0.3, -0.25) is 9.78 Å². The SMILES string of the molecule is CNCC(C(=O)Nc1ccc2cnccc2c1)c1ccccc1. The number of benzene rings is 2. The summed E-state index contributed by atoms with van der Waals surface area (Å²) in [6.45, 7) is 0.591. The van der Waals surface area contributed by atoms with Crippen molar-refractivity contribution in [2.45, 2.75) is 5.92 Å². The van der Waals surface area contributed by atoms with Crippen molar-refractivity contribution in [3.63, 3.8) is 0 Å². The van der Waals surface area contributed by atoms with E-state index in [1.165, 1.54) is 0 Å². The molecule has 4 nitrogen and oxygen atoms in total. The van der Waals surface area contributed by atoms with Crippen molar-refractivity contribution in [3.8, 4) is 0 Å². The number of rotatable bonds is 5. The normalized spacial score (nSPS) is 12.0. The summed E-state index contributed by atoms with van der Waals surface area (Å²) >= 11 is 0. The second-order valence-electron chi connectivity index (χ2n) is 5.45. The number of fused-ring (bicyclic) bond motifs is 1. The van der Waals surface area contributed by atoms with Crippen LogP contribution in [0.3, 0.4) is 0 Å². The maximum absolute atomic E-state index is 12.7. The summed E-state index contributed by atoms with van der Waals surface area (Å²) in [5, 5.41) is 8.23. The first kappa shape index (κ1) is 15.2. The zero-order valence-electron chi connectivity index (χ0n) is 13.0. The van der Waals surface area contributed by atoms with Gasteiger partial charge < -0.3 is 10.6 Å². The van der Waals surface area contributed by atoms with Gasteiger partial charge in [-0.1, -0.05) is 36.4 Å². The highest BCUT2D eigenvalue weighted by Gasteiger charge is 2.19. The third kappa shape index (κ3) is 3.55. The van der Waals surface area contributed by atoms with Gasteiger partial charge in [-0.2, -0.15) is 0 Å². The number of amides is 1. The molecule has 3 aromatic rings. The third-order valence-electron chi connectivity index (χ3n) is 3.83. The Bertz CT molecular complexity index is 802. The van der Waals surface area contributed by atoms with Crippen LogP contribution in [0.4, 0.5) is 5.69 Å². The van der Waals surface area contributed by atoms with E-state index in [2.05, 4.69) is 15.6 Å². The predicted molar refractivity (Wildman–Crippen MR) is 93.5 cm³/mol. The molecule has 0 spiro atoms. The minimum absolute atomic E-state index is 0.0149. The molecular formula is C19H19N3O. The van der Waals surface area contributed by atoms with Crippen molar-refractivity contribution >= 4 is 22.4 Å². The van der Waals surface area contributed by atoms with Gasteiger partial charge in [0, 0.05) is 30.0 Å². The highest BCUT2D eigenvalue weighted by atomic mass is 16.1. The Morgan fingerprint density at radius 1 is 1.09 bits per heavy atom. The van der Waals surface area contributed by atoms with E-state index in [9.17, 15) is 4.79 Å². The molecule has 23 heavy (non-hydrogen) atoms. The van der Waals surface area contributed by atoms with Crippen LogP contribution in [-0.4, -0.2) is 24.5 Å². The van der Waals surface area contributed by atoms with E-state index in [0.29, 0.717) is 6.54 Å². The molecule has 2 aromatic carbocycles. The second-order valence-corrected chi connectivity index (χ2v) is 5.45. The number of anilines is 1. The first-order valence-electron chi connectivity index (χ1n) is 7.62. The number of nitrogens with one attached hydrogen (secondary N) is 2. The molecule has 0 aliphatic heterocycles. The summed E-state index contributed by atoms with van der Waals surface area (Å²) in [7, 11) is 1.85. The van der Waals surface area contributed by atoms with Crippen LogP contribution in [0.5, 0.6) is 0 Å². The zero-order chi connectivity index (χ0) is 16.1. The lowest BCUT2D eigenvalue weighted by Crippen LogP contribution is -2.29. The molecule has 0 fully saturated rings. The third-order valence-corrected chi connectivity index (χ3v) is 3.83. The number of carbonyl (C=O) groups is 1. The summed E-state index contributed by atoms with van der Waals surface area (Å²) in [6, 6.07) is 17.6. The van der Waals surface area contributed by atoms with Gasteiger partial charge in [-0.05, 0) is 36.2 Å². The molecule has 1 aromatic heterocycles. The molecule has 0 aliphatic rings. The molecule has 1 unspecified atom stereocenters. The van der Waals surface area contributed by atoms with Crippen molar-refractivity contribution in [2.75, 3.05) is 18.9 Å². The van der Waals surface area contributed by atoms with Crippen LogP contribution in [0, 0.1) is 0 Å². The average Bonchev–Trinajstić information content (AvgIpc) is 2.60. The van der Waals surface area contributed by atoms with Crippen LogP contribution >= 0.6 is 0 Å². The molecule has 1 amide bonds. The predicted octanol–water partition coefficient (Wildman–Crippen LogP) is 3.18. The molecule has 0 bridgehead atoms. The minimum Gasteiger partial charge on any atom is -0.325 e. The number of nitrogens with zero attached hydrogens (tertiary/aromatic N) is 1. The Labute approximate surface area is 135 Å². The van der Waals surface area contributed by atoms with Crippen LogP contribution in [-0.2, 0) is 4.79 Å². The largest absolute Gasteiger partial charge is 0.325 e. The molecule has 0 radical (unpaired) electrons. The maximum Gasteiger partial charge on any atom is 0.233 e. The van der Waals surface area contributed by atoms with E-state index in [-0.39, 0.29) is 11.8 Å². The molecule has 3 rings (SSSR count). The average molecular weight is 305 g/mol. The smallest absolute Gasteiger partial charge is 0.233 e. The van der Waals surface area contributed by atoms with E-state index in [1.54, 1.807) is 6.20 Å². The first-order valence-corrected chi connectivity index (χ1v) is 7.62. The fourth-order valence-electron chi connectivity index (χ4n) is 2.64. The summed E-state index contributed by atoms with van der Waals surface area (Å²) in [5.74, 6) is -0.242. The maximum atomic E-state index is 12.7. The van der Waals surface area contributed by atoms with E-state index >= 15 is 0 Å². The van der Waals surface area contributed by atoms with Crippen molar-refractivity contribution in [2.24, 2.45) is 0 Å². The number of pyridine rings is 1. The standard InChI is InChI=1S/C19H19N3O/c1-20-13-18(14-5-3-2-4-6-14)19(23)22-17-8-7-16-12-21-10-9-15(16)11-17/h2-12,18,20H,13H2,1H3,(H,22,23). The molecule has 116 valence electrons. The monoisotopic (exact) mass is 305 g/mol. The Balaban J connectivity index is 1.82. The molecule has 4 heteroatoms. The molecule has 1 atom stereocenters. The quantitative estimate of drug-likeness (QED) is 0.761. The molecule has 0 aliphatic carbocycles. The Morgan fingerprint density at radius 2 is 1.91 bits per heavy atom. The molecule has 0 saturated heterocycles. The van der Waals surface area contributed by atoms with Gasteiger partial charge in [0.25, 0.3) is 0 Å². The summed E-state index contributed by atoms with van der Waals surface area (Å²) in [6.07, 6.45) is 3.57. The van der Waals surface area contributed by atoms with E-state index in [4.69, 9.17) is 0 Å². The molecule has 1 heterocycles. The second kappa shape index (κ2) is 7.03. The summed E-state index contributed by atoms with van der Waals surface area (Å²) < 4.78 is 0. The number of aromatic nitrogens is 1. The lowest BCUT2D eigenvalue weighted by Gasteiger charge is -2.17. The summed E-state index contributed by atoms with van der Waals surface area (Å²) in [4.78, 5) is 16.8. The fourth-order valence-corrected chi connectivity index (χ4v) is 2.64. The van der Waals surface area contributed by atoms with Crippen LogP contribution < -0.4 is 10.6 Å². The van der Waals surface area contributed by atoms with Crippen molar-refractivity contribution in [3.05, 3.63) is 72.6 Å². The lowest BCUT2D eigenvalue weighted by atomic mass is 9.98. The van der Waals surface area contributed by atoms with Gasteiger partial charge >= 0.3 is 0 Å². The number of hydrogen-bond donors (Lipinski definition) is 2. The van der Waals surface area contributed by atoms with Gasteiger partial charge in [0.15, 0.2) is 0 Å². The van der Waals surface area contributed by atoms with E-state index < -0.39 is 0 Å². The minimum atomic E-state index is -0.227. The molecular weight excluding hydrogens is 286 g/mol. The topological polar surface area (TPSA) is 54.0 Å². The lowest BCUT2D eigenvalue weighted by molar-refractivity contribution is -0.117.